The van der Waals surface area contributed by atoms with Gasteiger partial charge in [0.2, 0.25) is 0 Å². The highest BCUT2D eigenvalue weighted by Gasteiger charge is 2.25. The summed E-state index contributed by atoms with van der Waals surface area (Å²) in [7, 11) is 0. The van der Waals surface area contributed by atoms with Crippen LogP contribution in [0.3, 0.4) is 0 Å². The van der Waals surface area contributed by atoms with Crippen LogP contribution in [0, 0.1) is 0 Å². The molecule has 2 aliphatic heterocycles. The summed E-state index contributed by atoms with van der Waals surface area (Å²) < 4.78 is 0. The molecule has 13 heavy (non-hydrogen) atoms. The predicted octanol–water partition coefficient (Wildman–Crippen LogP) is 0.701. The van der Waals surface area contributed by atoms with Crippen LogP contribution in [0.4, 0.5) is 0 Å². The quantitative estimate of drug-likeness (QED) is 0.626. The summed E-state index contributed by atoms with van der Waals surface area (Å²) in [4.78, 5) is 4.12. The van der Waals surface area contributed by atoms with Crippen LogP contribution in [0.5, 0.6) is 0 Å². The smallest absolute Gasteiger partial charge is 0.265 e. The van der Waals surface area contributed by atoms with Crippen molar-refractivity contribution in [3.05, 3.63) is 0 Å². The number of hydrazone groups is 2. The van der Waals surface area contributed by atoms with Crippen molar-refractivity contribution in [2.45, 2.75) is 26.3 Å². The molecule has 0 saturated carbocycles. The molecule has 5 nitrogen and oxygen atoms in total. The van der Waals surface area contributed by atoms with E-state index in [0.717, 1.165) is 13.1 Å². The Hall–Kier alpha value is -1.39. The molecule has 70 valence electrons. The van der Waals surface area contributed by atoms with Crippen molar-refractivity contribution in [3.63, 3.8) is 0 Å². The molecule has 0 aromatic heterocycles. The molecule has 0 N–H and O–H groups in total. The van der Waals surface area contributed by atoms with Gasteiger partial charge in [0.05, 0.1) is 12.4 Å². The molecule has 0 spiro atoms. The third kappa shape index (κ3) is 1.41. The number of aliphatic imine (C=N–C) groups is 1. The summed E-state index contributed by atoms with van der Waals surface area (Å²) in [5.41, 5.74) is 0. The fraction of sp³-hybridized carbons (Fsp3) is 0.625. The molecule has 1 atom stereocenters. The van der Waals surface area contributed by atoms with Gasteiger partial charge in [0.1, 0.15) is 6.67 Å². The maximum Gasteiger partial charge on any atom is 0.265 e. The average Bonchev–Trinajstić information content (AvgIpc) is 2.59. The van der Waals surface area contributed by atoms with Gasteiger partial charge in [-0.15, -0.1) is 5.10 Å². The first-order valence-corrected chi connectivity index (χ1v) is 4.50. The number of hydrogen-bond acceptors (Lipinski definition) is 5. The van der Waals surface area contributed by atoms with Crippen molar-refractivity contribution >= 4 is 18.4 Å². The van der Waals surface area contributed by atoms with Crippen LogP contribution in [0.25, 0.3) is 0 Å². The van der Waals surface area contributed by atoms with E-state index in [-0.39, 0.29) is 0 Å². The van der Waals surface area contributed by atoms with Crippen LogP contribution in [0.1, 0.15) is 20.3 Å². The summed E-state index contributed by atoms with van der Waals surface area (Å²) in [6.45, 7) is 5.02. The molecule has 5 heteroatoms. The van der Waals surface area contributed by atoms with E-state index in [4.69, 9.17) is 0 Å². The normalized spacial score (nSPS) is 21.8. The zero-order valence-electron chi connectivity index (χ0n) is 7.88. The number of rotatable bonds is 2. The summed E-state index contributed by atoms with van der Waals surface area (Å²) in [6.07, 6.45) is 4.42. The molecule has 0 radical (unpaired) electrons. The lowest BCUT2D eigenvalue weighted by Crippen LogP contribution is -2.31. The van der Waals surface area contributed by atoms with E-state index in [2.05, 4.69) is 29.0 Å². The largest absolute Gasteiger partial charge is 0.269 e. The van der Waals surface area contributed by atoms with E-state index in [0.29, 0.717) is 12.0 Å². The van der Waals surface area contributed by atoms with Crippen LogP contribution in [0.15, 0.2) is 15.2 Å². The van der Waals surface area contributed by atoms with Gasteiger partial charge in [0.25, 0.3) is 5.96 Å². The lowest BCUT2D eigenvalue weighted by molar-refractivity contribution is 0.181. The molecule has 2 aliphatic rings. The van der Waals surface area contributed by atoms with E-state index in [1.807, 2.05) is 5.01 Å². The molecule has 0 aliphatic carbocycles. The second-order valence-electron chi connectivity index (χ2n) is 3.18. The molecule has 0 aromatic rings. The highest BCUT2D eigenvalue weighted by Crippen LogP contribution is 2.15. The van der Waals surface area contributed by atoms with Crippen molar-refractivity contribution in [1.82, 2.24) is 10.0 Å². The number of hydrogen-bond donors (Lipinski definition) is 0. The van der Waals surface area contributed by atoms with E-state index >= 15 is 0 Å². The predicted molar refractivity (Wildman–Crippen MR) is 52.7 cm³/mol. The Morgan fingerprint density at radius 1 is 1.54 bits per heavy atom. The Bertz CT molecular complexity index is 280. The second kappa shape index (κ2) is 3.16. The Morgan fingerprint density at radius 2 is 2.38 bits per heavy atom. The van der Waals surface area contributed by atoms with Gasteiger partial charge in [-0.3, -0.25) is 5.01 Å². The first-order valence-electron chi connectivity index (χ1n) is 4.50. The van der Waals surface area contributed by atoms with Gasteiger partial charge in [-0.2, -0.15) is 5.10 Å². The first-order chi connectivity index (χ1) is 6.31. The van der Waals surface area contributed by atoms with Crippen molar-refractivity contribution in [1.29, 1.82) is 0 Å². The summed E-state index contributed by atoms with van der Waals surface area (Å²) in [5, 5.41) is 12.3. The van der Waals surface area contributed by atoms with E-state index in [1.165, 1.54) is 0 Å². The SMILES string of the molecule is CCC(C)N1CN2N=CC=NC2=N1. The Morgan fingerprint density at radius 3 is 3.08 bits per heavy atom. The number of nitrogens with zero attached hydrogens (tertiary/aromatic N) is 5. The Labute approximate surface area is 77.4 Å². The third-order valence-corrected chi connectivity index (χ3v) is 2.29. The maximum absolute atomic E-state index is 4.35. The molecule has 0 bridgehead atoms. The number of fused-ring (bicyclic) bond motifs is 1. The summed E-state index contributed by atoms with van der Waals surface area (Å²) >= 11 is 0. The van der Waals surface area contributed by atoms with Gasteiger partial charge in [-0.25, -0.2) is 10.0 Å². The van der Waals surface area contributed by atoms with Crippen LogP contribution in [-0.2, 0) is 0 Å². The highest BCUT2D eigenvalue weighted by molar-refractivity contribution is 6.20. The van der Waals surface area contributed by atoms with Crippen LogP contribution in [0.2, 0.25) is 0 Å². The van der Waals surface area contributed by atoms with Gasteiger partial charge in [0.15, 0.2) is 0 Å². The van der Waals surface area contributed by atoms with E-state index in [9.17, 15) is 0 Å². The third-order valence-electron chi connectivity index (χ3n) is 2.29. The van der Waals surface area contributed by atoms with Crippen LogP contribution < -0.4 is 0 Å². The Kier molecular flexibility index (Phi) is 2.00. The monoisotopic (exact) mass is 179 g/mol. The van der Waals surface area contributed by atoms with Crippen LogP contribution >= 0.6 is 0 Å². The molecule has 0 saturated heterocycles. The summed E-state index contributed by atoms with van der Waals surface area (Å²) in [6, 6.07) is 0.448. The minimum atomic E-state index is 0.448. The lowest BCUT2D eigenvalue weighted by Gasteiger charge is -2.21. The lowest BCUT2D eigenvalue weighted by atomic mass is 10.3. The standard InChI is InChI=1S/C8H13N5/c1-3-7(2)12-6-13-8(11-12)9-4-5-10-13/h4-5,7H,3,6H2,1-2H3. The second-order valence-corrected chi connectivity index (χ2v) is 3.18. The zero-order valence-corrected chi connectivity index (χ0v) is 7.88. The average molecular weight is 179 g/mol. The van der Waals surface area contributed by atoms with Gasteiger partial charge < -0.3 is 0 Å². The fourth-order valence-corrected chi connectivity index (χ4v) is 1.24. The molecule has 0 aromatic carbocycles. The van der Waals surface area contributed by atoms with Crippen molar-refractivity contribution in [2.24, 2.45) is 15.2 Å². The van der Waals surface area contributed by atoms with Crippen molar-refractivity contribution in [2.75, 3.05) is 6.67 Å². The molecular formula is C8H13N5. The van der Waals surface area contributed by atoms with Gasteiger partial charge >= 0.3 is 0 Å². The van der Waals surface area contributed by atoms with Crippen LogP contribution in [-0.4, -0.2) is 41.1 Å². The van der Waals surface area contributed by atoms with Gasteiger partial charge in [-0.05, 0) is 13.3 Å². The molecular weight excluding hydrogens is 166 g/mol. The van der Waals surface area contributed by atoms with Crippen molar-refractivity contribution < 1.29 is 0 Å². The molecule has 2 heterocycles. The van der Waals surface area contributed by atoms with Gasteiger partial charge in [-0.1, -0.05) is 6.92 Å². The minimum absolute atomic E-state index is 0.448. The first kappa shape index (κ1) is 8.22. The molecule has 1 unspecified atom stereocenters. The minimum Gasteiger partial charge on any atom is -0.269 e. The summed E-state index contributed by atoms with van der Waals surface area (Å²) in [5.74, 6) is 0.697. The zero-order chi connectivity index (χ0) is 9.26. The molecule has 0 amide bonds. The maximum atomic E-state index is 4.35. The molecule has 2 rings (SSSR count). The fourth-order valence-electron chi connectivity index (χ4n) is 1.24. The topological polar surface area (TPSA) is 43.6 Å². The Balaban J connectivity index is 2.11. The van der Waals surface area contributed by atoms with E-state index < -0.39 is 0 Å². The number of guanidine groups is 1. The van der Waals surface area contributed by atoms with Gasteiger partial charge in [0, 0.05) is 6.04 Å². The molecule has 0 fully saturated rings. The van der Waals surface area contributed by atoms with E-state index in [1.54, 1.807) is 17.4 Å². The highest BCUT2D eigenvalue weighted by atomic mass is 15.7. The van der Waals surface area contributed by atoms with Crippen molar-refractivity contribution in [3.8, 4) is 0 Å².